The lowest BCUT2D eigenvalue weighted by Crippen LogP contribution is -2.48. The first-order valence-corrected chi connectivity index (χ1v) is 8.35. The van der Waals surface area contributed by atoms with Crippen molar-refractivity contribution >= 4 is 5.91 Å². The molecular weight excluding hydrogens is 276 g/mol. The van der Waals surface area contributed by atoms with E-state index >= 15 is 0 Å². The molecule has 4 heteroatoms. The molecule has 1 aromatic rings. The summed E-state index contributed by atoms with van der Waals surface area (Å²) in [7, 11) is 0. The molecule has 0 aromatic heterocycles. The molecule has 1 aliphatic heterocycles. The zero-order valence-electron chi connectivity index (χ0n) is 14.0. The van der Waals surface area contributed by atoms with E-state index in [4.69, 9.17) is 4.74 Å². The van der Waals surface area contributed by atoms with Gasteiger partial charge in [-0.25, -0.2) is 0 Å². The molecule has 22 heavy (non-hydrogen) atoms. The summed E-state index contributed by atoms with van der Waals surface area (Å²) in [6.45, 7) is 9.32. The quantitative estimate of drug-likeness (QED) is 0.878. The Morgan fingerprint density at radius 3 is 2.68 bits per heavy atom. The lowest BCUT2D eigenvalue weighted by Gasteiger charge is -2.32. The van der Waals surface area contributed by atoms with Gasteiger partial charge in [0.1, 0.15) is 5.75 Å². The van der Waals surface area contributed by atoms with E-state index in [9.17, 15) is 4.79 Å². The maximum absolute atomic E-state index is 12.3. The molecule has 0 saturated carbocycles. The van der Waals surface area contributed by atoms with Gasteiger partial charge < -0.3 is 15.0 Å². The lowest BCUT2D eigenvalue weighted by atomic mass is 10.0. The fourth-order valence-electron chi connectivity index (χ4n) is 2.87. The Hall–Kier alpha value is -1.55. The number of nitrogens with one attached hydrogen (secondary N) is 1. The molecule has 1 heterocycles. The van der Waals surface area contributed by atoms with Gasteiger partial charge in [-0.05, 0) is 51.3 Å². The molecule has 1 atom stereocenters. The first-order chi connectivity index (χ1) is 10.6. The van der Waals surface area contributed by atoms with Gasteiger partial charge in [0.2, 0.25) is 0 Å². The Balaban J connectivity index is 1.79. The molecule has 1 amide bonds. The van der Waals surface area contributed by atoms with E-state index in [-0.39, 0.29) is 11.9 Å². The molecule has 0 aliphatic carbocycles. The number of hydrogen-bond donors (Lipinski definition) is 1. The average Bonchev–Trinajstić information content (AvgIpc) is 2.51. The highest BCUT2D eigenvalue weighted by Crippen LogP contribution is 2.18. The van der Waals surface area contributed by atoms with Gasteiger partial charge in [0.05, 0.1) is 0 Å². The molecule has 1 N–H and O–H groups in total. The van der Waals surface area contributed by atoms with Crippen molar-refractivity contribution in [3.05, 3.63) is 29.8 Å². The predicted octanol–water partition coefficient (Wildman–Crippen LogP) is 2.75. The molecular formula is C18H28N2O2. The number of hydrogen-bond acceptors (Lipinski definition) is 3. The fraction of sp³-hybridized carbons (Fsp3) is 0.611. The Bertz CT molecular complexity index is 482. The summed E-state index contributed by atoms with van der Waals surface area (Å²) < 4.78 is 5.79. The zero-order chi connectivity index (χ0) is 15.9. The van der Waals surface area contributed by atoms with E-state index in [0.29, 0.717) is 0 Å². The van der Waals surface area contributed by atoms with Gasteiger partial charge in [0, 0.05) is 19.1 Å². The van der Waals surface area contributed by atoms with Crippen LogP contribution < -0.4 is 10.1 Å². The standard InChI is InChI=1S/C18H28N2O2/c1-4-11-20-12-9-16(10-13-20)19-18(21)15(3)22-17-8-6-5-7-14(17)2/h5-8,15-16H,4,9-13H2,1-3H3,(H,19,21)/t15-/m1/s1. The largest absolute Gasteiger partial charge is 0.481 e. The molecule has 0 spiro atoms. The van der Waals surface area contributed by atoms with Crippen molar-refractivity contribution in [2.24, 2.45) is 0 Å². The number of aryl methyl sites for hydroxylation is 1. The zero-order valence-corrected chi connectivity index (χ0v) is 14.0. The minimum absolute atomic E-state index is 0.0165. The van der Waals surface area contributed by atoms with E-state index in [2.05, 4.69) is 17.1 Å². The SMILES string of the molecule is CCCN1CCC(NC(=O)[C@@H](C)Oc2ccccc2C)CC1. The minimum Gasteiger partial charge on any atom is -0.481 e. The fourth-order valence-corrected chi connectivity index (χ4v) is 2.87. The van der Waals surface area contributed by atoms with Crippen molar-refractivity contribution in [1.82, 2.24) is 10.2 Å². The molecule has 0 radical (unpaired) electrons. The first-order valence-electron chi connectivity index (χ1n) is 8.35. The Labute approximate surface area is 133 Å². The Morgan fingerprint density at radius 2 is 2.05 bits per heavy atom. The third-order valence-electron chi connectivity index (χ3n) is 4.24. The maximum Gasteiger partial charge on any atom is 0.260 e. The van der Waals surface area contributed by atoms with E-state index in [1.807, 2.05) is 38.1 Å². The van der Waals surface area contributed by atoms with E-state index in [0.717, 1.165) is 43.8 Å². The number of piperidine rings is 1. The number of likely N-dealkylation sites (tertiary alicyclic amines) is 1. The normalized spacial score (nSPS) is 18.0. The molecule has 1 aromatic carbocycles. The second-order valence-electron chi connectivity index (χ2n) is 6.15. The molecule has 0 bridgehead atoms. The molecule has 1 saturated heterocycles. The third kappa shape index (κ3) is 4.73. The van der Waals surface area contributed by atoms with Crippen LogP contribution in [0.15, 0.2) is 24.3 Å². The summed E-state index contributed by atoms with van der Waals surface area (Å²) in [5.74, 6) is 0.764. The van der Waals surface area contributed by atoms with Crippen LogP contribution in [0.25, 0.3) is 0 Å². The van der Waals surface area contributed by atoms with Crippen LogP contribution in [-0.2, 0) is 4.79 Å². The molecule has 1 fully saturated rings. The predicted molar refractivity (Wildman–Crippen MR) is 89.2 cm³/mol. The van der Waals surface area contributed by atoms with E-state index in [1.165, 1.54) is 6.42 Å². The summed E-state index contributed by atoms with van der Waals surface area (Å²) in [4.78, 5) is 14.8. The summed E-state index contributed by atoms with van der Waals surface area (Å²) in [6, 6.07) is 8.07. The number of carbonyl (C=O) groups is 1. The van der Waals surface area contributed by atoms with E-state index in [1.54, 1.807) is 0 Å². The number of ether oxygens (including phenoxy) is 1. The highest BCUT2D eigenvalue weighted by atomic mass is 16.5. The molecule has 0 unspecified atom stereocenters. The van der Waals surface area contributed by atoms with Crippen LogP contribution in [0.4, 0.5) is 0 Å². The number of benzene rings is 1. The van der Waals surface area contributed by atoms with Crippen molar-refractivity contribution in [1.29, 1.82) is 0 Å². The van der Waals surface area contributed by atoms with Crippen molar-refractivity contribution < 1.29 is 9.53 Å². The van der Waals surface area contributed by atoms with Gasteiger partial charge in [-0.15, -0.1) is 0 Å². The molecule has 2 rings (SSSR count). The van der Waals surface area contributed by atoms with Crippen LogP contribution in [0.2, 0.25) is 0 Å². The summed E-state index contributed by atoms with van der Waals surface area (Å²) in [5, 5.41) is 3.13. The number of amides is 1. The van der Waals surface area contributed by atoms with Crippen molar-refractivity contribution in [3.63, 3.8) is 0 Å². The number of para-hydroxylation sites is 1. The van der Waals surface area contributed by atoms with Crippen molar-refractivity contribution in [3.8, 4) is 5.75 Å². The topological polar surface area (TPSA) is 41.6 Å². The van der Waals surface area contributed by atoms with Crippen LogP contribution in [0, 0.1) is 6.92 Å². The summed E-state index contributed by atoms with van der Waals surface area (Å²) in [6.07, 6.45) is 2.79. The van der Waals surface area contributed by atoms with Gasteiger partial charge in [-0.1, -0.05) is 25.1 Å². The lowest BCUT2D eigenvalue weighted by molar-refractivity contribution is -0.128. The van der Waals surface area contributed by atoms with Crippen LogP contribution in [0.3, 0.4) is 0 Å². The third-order valence-corrected chi connectivity index (χ3v) is 4.24. The van der Waals surface area contributed by atoms with Crippen LogP contribution in [-0.4, -0.2) is 42.6 Å². The van der Waals surface area contributed by atoms with Crippen molar-refractivity contribution in [2.45, 2.75) is 52.2 Å². The van der Waals surface area contributed by atoms with Gasteiger partial charge in [-0.2, -0.15) is 0 Å². The van der Waals surface area contributed by atoms with E-state index < -0.39 is 6.10 Å². The maximum atomic E-state index is 12.3. The highest BCUT2D eigenvalue weighted by molar-refractivity contribution is 5.81. The Kier molecular flexibility index (Phi) is 6.25. The minimum atomic E-state index is -0.463. The second-order valence-corrected chi connectivity index (χ2v) is 6.15. The van der Waals surface area contributed by atoms with Crippen LogP contribution in [0.1, 0.15) is 38.7 Å². The number of carbonyl (C=O) groups excluding carboxylic acids is 1. The number of rotatable bonds is 6. The van der Waals surface area contributed by atoms with Gasteiger partial charge in [-0.3, -0.25) is 4.79 Å². The second kappa shape index (κ2) is 8.18. The van der Waals surface area contributed by atoms with Gasteiger partial charge in [0.25, 0.3) is 5.91 Å². The first kappa shape index (κ1) is 16.8. The molecule has 1 aliphatic rings. The smallest absolute Gasteiger partial charge is 0.260 e. The van der Waals surface area contributed by atoms with Crippen LogP contribution in [0.5, 0.6) is 5.75 Å². The summed E-state index contributed by atoms with van der Waals surface area (Å²) >= 11 is 0. The number of nitrogens with zero attached hydrogens (tertiary/aromatic N) is 1. The van der Waals surface area contributed by atoms with Crippen LogP contribution >= 0.6 is 0 Å². The summed E-state index contributed by atoms with van der Waals surface area (Å²) in [5.41, 5.74) is 1.05. The van der Waals surface area contributed by atoms with Gasteiger partial charge in [0.15, 0.2) is 6.10 Å². The monoisotopic (exact) mass is 304 g/mol. The highest BCUT2D eigenvalue weighted by Gasteiger charge is 2.23. The molecule has 122 valence electrons. The Morgan fingerprint density at radius 1 is 1.36 bits per heavy atom. The molecule has 4 nitrogen and oxygen atoms in total. The van der Waals surface area contributed by atoms with Crippen molar-refractivity contribution in [2.75, 3.05) is 19.6 Å². The van der Waals surface area contributed by atoms with Gasteiger partial charge >= 0.3 is 0 Å². The average molecular weight is 304 g/mol.